The third-order valence-electron chi connectivity index (χ3n) is 4.06. The van der Waals surface area contributed by atoms with E-state index in [4.69, 9.17) is 0 Å². The molecule has 1 aromatic carbocycles. The Hall–Kier alpha value is -2.05. The van der Waals surface area contributed by atoms with Gasteiger partial charge in [-0.3, -0.25) is 9.59 Å². The number of rotatable bonds is 2. The van der Waals surface area contributed by atoms with E-state index in [0.717, 1.165) is 6.07 Å². The van der Waals surface area contributed by atoms with Crippen LogP contribution in [0.4, 0.5) is 13.2 Å². The molecular formula is C18H23F3N2O2. The molecule has 1 fully saturated rings. The van der Waals surface area contributed by atoms with Gasteiger partial charge in [0.25, 0.3) is 5.91 Å². The Kier molecular flexibility index (Phi) is 5.44. The van der Waals surface area contributed by atoms with Crippen molar-refractivity contribution < 1.29 is 22.8 Å². The summed E-state index contributed by atoms with van der Waals surface area (Å²) in [5, 5.41) is 0. The highest BCUT2D eigenvalue weighted by molar-refractivity contribution is 5.96. The van der Waals surface area contributed by atoms with Gasteiger partial charge < -0.3 is 9.80 Å². The summed E-state index contributed by atoms with van der Waals surface area (Å²) >= 11 is 0. The first-order valence-corrected chi connectivity index (χ1v) is 8.22. The quantitative estimate of drug-likeness (QED) is 0.815. The number of amides is 2. The van der Waals surface area contributed by atoms with E-state index in [1.54, 1.807) is 4.90 Å². The second-order valence-electron chi connectivity index (χ2n) is 7.45. The fourth-order valence-electron chi connectivity index (χ4n) is 2.81. The molecule has 2 rings (SSSR count). The zero-order valence-electron chi connectivity index (χ0n) is 14.7. The van der Waals surface area contributed by atoms with Crippen LogP contribution in [-0.4, -0.2) is 47.8 Å². The highest BCUT2D eigenvalue weighted by Crippen LogP contribution is 2.32. The lowest BCUT2D eigenvalue weighted by Gasteiger charge is -2.36. The van der Waals surface area contributed by atoms with Crippen molar-refractivity contribution in [1.82, 2.24) is 9.80 Å². The third-order valence-corrected chi connectivity index (χ3v) is 4.06. The standard InChI is InChI=1S/C18H23F3N2O2/c1-17(2,3)12-15(24)22-8-10-23(11-9-22)16(25)13-6-4-5-7-14(13)18(19,20)21/h4-7H,8-12H2,1-3H3. The van der Waals surface area contributed by atoms with Gasteiger partial charge in [0.05, 0.1) is 11.1 Å². The molecule has 0 unspecified atom stereocenters. The topological polar surface area (TPSA) is 40.6 Å². The Morgan fingerprint density at radius 1 is 0.960 bits per heavy atom. The molecule has 0 spiro atoms. The van der Waals surface area contributed by atoms with Crippen molar-refractivity contribution >= 4 is 11.8 Å². The van der Waals surface area contributed by atoms with Crippen LogP contribution in [0.25, 0.3) is 0 Å². The van der Waals surface area contributed by atoms with E-state index in [1.165, 1.54) is 23.1 Å². The van der Waals surface area contributed by atoms with E-state index >= 15 is 0 Å². The molecule has 1 heterocycles. The zero-order valence-corrected chi connectivity index (χ0v) is 14.7. The largest absolute Gasteiger partial charge is 0.417 e. The number of nitrogens with zero attached hydrogens (tertiary/aromatic N) is 2. The summed E-state index contributed by atoms with van der Waals surface area (Å²) in [4.78, 5) is 27.8. The predicted octanol–water partition coefficient (Wildman–Crippen LogP) is 3.43. The Bertz CT molecular complexity index is 642. The van der Waals surface area contributed by atoms with E-state index in [2.05, 4.69) is 0 Å². The lowest BCUT2D eigenvalue weighted by atomic mass is 9.91. The van der Waals surface area contributed by atoms with Gasteiger partial charge >= 0.3 is 6.18 Å². The highest BCUT2D eigenvalue weighted by atomic mass is 19.4. The minimum atomic E-state index is -4.57. The molecule has 1 aromatic rings. The summed E-state index contributed by atoms with van der Waals surface area (Å²) in [6.45, 7) is 7.07. The summed E-state index contributed by atoms with van der Waals surface area (Å²) in [6, 6.07) is 4.80. The first-order valence-electron chi connectivity index (χ1n) is 8.22. The molecule has 25 heavy (non-hydrogen) atoms. The number of carbonyl (C=O) groups is 2. The number of benzene rings is 1. The van der Waals surface area contributed by atoms with Crippen molar-refractivity contribution in [1.29, 1.82) is 0 Å². The van der Waals surface area contributed by atoms with Crippen molar-refractivity contribution in [3.63, 3.8) is 0 Å². The number of piperazine rings is 1. The zero-order chi connectivity index (χ0) is 18.8. The molecule has 1 saturated heterocycles. The Morgan fingerprint density at radius 2 is 1.48 bits per heavy atom. The van der Waals surface area contributed by atoms with Gasteiger partial charge in [0.15, 0.2) is 0 Å². The van der Waals surface area contributed by atoms with Crippen molar-refractivity contribution in [3.8, 4) is 0 Å². The predicted molar refractivity (Wildman–Crippen MR) is 88.0 cm³/mol. The van der Waals surface area contributed by atoms with E-state index in [9.17, 15) is 22.8 Å². The van der Waals surface area contributed by atoms with E-state index in [0.29, 0.717) is 19.5 Å². The van der Waals surface area contributed by atoms with Crippen LogP contribution in [0, 0.1) is 5.41 Å². The van der Waals surface area contributed by atoms with Crippen LogP contribution >= 0.6 is 0 Å². The summed E-state index contributed by atoms with van der Waals surface area (Å²) < 4.78 is 39.2. The maximum absolute atomic E-state index is 13.1. The van der Waals surface area contributed by atoms with Crippen LogP contribution in [-0.2, 0) is 11.0 Å². The first-order chi connectivity index (χ1) is 11.5. The molecule has 0 aromatic heterocycles. The molecule has 1 aliphatic heterocycles. The van der Waals surface area contributed by atoms with Gasteiger partial charge in [0.1, 0.15) is 0 Å². The number of hydrogen-bond acceptors (Lipinski definition) is 2. The van der Waals surface area contributed by atoms with Crippen LogP contribution in [0.5, 0.6) is 0 Å². The highest BCUT2D eigenvalue weighted by Gasteiger charge is 2.36. The molecule has 0 atom stereocenters. The monoisotopic (exact) mass is 356 g/mol. The van der Waals surface area contributed by atoms with Crippen LogP contribution in [0.1, 0.15) is 43.1 Å². The van der Waals surface area contributed by atoms with Crippen molar-refractivity contribution in [3.05, 3.63) is 35.4 Å². The molecule has 7 heteroatoms. The van der Waals surface area contributed by atoms with Gasteiger partial charge in [-0.25, -0.2) is 0 Å². The maximum Gasteiger partial charge on any atom is 0.417 e. The van der Waals surface area contributed by atoms with Crippen molar-refractivity contribution in [2.24, 2.45) is 5.41 Å². The Balaban J connectivity index is 2.04. The average molecular weight is 356 g/mol. The fourth-order valence-corrected chi connectivity index (χ4v) is 2.81. The second-order valence-corrected chi connectivity index (χ2v) is 7.45. The summed E-state index contributed by atoms with van der Waals surface area (Å²) in [7, 11) is 0. The average Bonchev–Trinajstić information content (AvgIpc) is 2.52. The van der Waals surface area contributed by atoms with Gasteiger partial charge in [-0.15, -0.1) is 0 Å². The van der Waals surface area contributed by atoms with Crippen molar-refractivity contribution in [2.75, 3.05) is 26.2 Å². The van der Waals surface area contributed by atoms with Gasteiger partial charge in [0, 0.05) is 32.6 Å². The van der Waals surface area contributed by atoms with E-state index in [-0.39, 0.29) is 30.0 Å². The molecule has 0 radical (unpaired) electrons. The minimum Gasteiger partial charge on any atom is -0.339 e. The molecule has 0 N–H and O–H groups in total. The number of alkyl halides is 3. The maximum atomic E-state index is 13.1. The molecule has 138 valence electrons. The molecular weight excluding hydrogens is 333 g/mol. The smallest absolute Gasteiger partial charge is 0.339 e. The summed E-state index contributed by atoms with van der Waals surface area (Å²) in [5.74, 6) is -0.633. The SMILES string of the molecule is CC(C)(C)CC(=O)N1CCN(C(=O)c2ccccc2C(F)(F)F)CC1. The fraction of sp³-hybridized carbons (Fsp3) is 0.556. The van der Waals surface area contributed by atoms with Crippen LogP contribution < -0.4 is 0 Å². The number of halogens is 3. The van der Waals surface area contributed by atoms with Gasteiger partial charge in [-0.05, 0) is 17.5 Å². The molecule has 0 aliphatic carbocycles. The first kappa shape index (κ1) is 19.3. The van der Waals surface area contributed by atoms with E-state index < -0.39 is 17.6 Å². The van der Waals surface area contributed by atoms with Gasteiger partial charge in [0.2, 0.25) is 5.91 Å². The number of hydrogen-bond donors (Lipinski definition) is 0. The van der Waals surface area contributed by atoms with Crippen LogP contribution in [0.2, 0.25) is 0 Å². The van der Waals surface area contributed by atoms with Crippen LogP contribution in [0.3, 0.4) is 0 Å². The normalized spacial score (nSPS) is 16.1. The lowest BCUT2D eigenvalue weighted by Crippen LogP contribution is -2.51. The molecule has 4 nitrogen and oxygen atoms in total. The summed E-state index contributed by atoms with van der Waals surface area (Å²) in [6.07, 6.45) is -4.17. The minimum absolute atomic E-state index is 0.00953. The van der Waals surface area contributed by atoms with E-state index in [1.807, 2.05) is 20.8 Å². The Labute approximate surface area is 145 Å². The van der Waals surface area contributed by atoms with Crippen LogP contribution in [0.15, 0.2) is 24.3 Å². The number of carbonyl (C=O) groups excluding carboxylic acids is 2. The second kappa shape index (κ2) is 7.06. The Morgan fingerprint density at radius 3 is 2.00 bits per heavy atom. The van der Waals surface area contributed by atoms with Gasteiger partial charge in [-0.2, -0.15) is 13.2 Å². The third kappa shape index (κ3) is 4.96. The molecule has 2 amide bonds. The van der Waals surface area contributed by atoms with Gasteiger partial charge in [-0.1, -0.05) is 32.9 Å². The van der Waals surface area contributed by atoms with Crippen molar-refractivity contribution in [2.45, 2.75) is 33.4 Å². The summed E-state index contributed by atoms with van der Waals surface area (Å²) in [5.41, 5.74) is -1.40. The lowest BCUT2D eigenvalue weighted by molar-refractivity contribution is -0.138. The molecule has 0 saturated carbocycles. The molecule has 0 bridgehead atoms. The molecule has 1 aliphatic rings.